The maximum atomic E-state index is 13.5. The van der Waals surface area contributed by atoms with Crippen LogP contribution in [0, 0.1) is 17.5 Å². The summed E-state index contributed by atoms with van der Waals surface area (Å²) in [6.07, 6.45) is 0. The Morgan fingerprint density at radius 3 is 2.47 bits per heavy atom. The van der Waals surface area contributed by atoms with E-state index >= 15 is 0 Å². The number of rotatable bonds is 2. The highest BCUT2D eigenvalue weighted by Crippen LogP contribution is 2.26. The first kappa shape index (κ1) is 12.0. The predicted octanol–water partition coefficient (Wildman–Crippen LogP) is 4.51. The summed E-state index contributed by atoms with van der Waals surface area (Å²) in [5.74, 6) is -2.36. The van der Waals surface area contributed by atoms with Crippen LogP contribution in [0.15, 0.2) is 36.4 Å². The van der Waals surface area contributed by atoms with Gasteiger partial charge in [0.25, 0.3) is 0 Å². The first-order valence-electron chi connectivity index (χ1n) is 4.91. The molecule has 0 aliphatic carbocycles. The van der Waals surface area contributed by atoms with Crippen molar-refractivity contribution in [3.05, 3.63) is 59.4 Å². The molecule has 0 saturated carbocycles. The van der Waals surface area contributed by atoms with E-state index in [4.69, 9.17) is 11.6 Å². The molecule has 2 aromatic carbocycles. The lowest BCUT2D eigenvalue weighted by Crippen LogP contribution is -1.91. The van der Waals surface area contributed by atoms with Crippen LogP contribution in [0.4, 0.5) is 13.2 Å². The number of hydrogen-bond donors (Lipinski definition) is 0. The summed E-state index contributed by atoms with van der Waals surface area (Å²) in [5.41, 5.74) is 0.818. The molecule has 0 N–H and O–H groups in total. The third-order valence-corrected chi connectivity index (χ3v) is 2.68. The maximum absolute atomic E-state index is 13.5. The molecule has 4 heteroatoms. The van der Waals surface area contributed by atoms with Gasteiger partial charge in [0.05, 0.1) is 0 Å². The molecule has 0 amide bonds. The summed E-state index contributed by atoms with van der Waals surface area (Å²) in [6.45, 7) is 0. The van der Waals surface area contributed by atoms with E-state index in [1.54, 1.807) is 0 Å². The highest BCUT2D eigenvalue weighted by molar-refractivity contribution is 6.17. The Labute approximate surface area is 102 Å². The van der Waals surface area contributed by atoms with Gasteiger partial charge in [-0.15, -0.1) is 11.6 Å². The van der Waals surface area contributed by atoms with Gasteiger partial charge < -0.3 is 0 Å². The van der Waals surface area contributed by atoms with Gasteiger partial charge in [0.15, 0.2) is 11.6 Å². The SMILES string of the molecule is Fc1cc(CCl)cc(-c2cccc(F)c2F)c1. The number of hydrogen-bond acceptors (Lipinski definition) is 0. The van der Waals surface area contributed by atoms with Crippen molar-refractivity contribution in [3.8, 4) is 11.1 Å². The van der Waals surface area contributed by atoms with Gasteiger partial charge in [0.1, 0.15) is 5.82 Å². The molecule has 0 aromatic heterocycles. The van der Waals surface area contributed by atoms with Crippen molar-refractivity contribution < 1.29 is 13.2 Å². The van der Waals surface area contributed by atoms with E-state index in [0.717, 1.165) is 12.1 Å². The minimum atomic E-state index is -0.987. The summed E-state index contributed by atoms with van der Waals surface area (Å²) in [5, 5.41) is 0. The Balaban J connectivity index is 2.60. The number of benzene rings is 2. The zero-order valence-corrected chi connectivity index (χ0v) is 9.44. The molecular weight excluding hydrogens is 249 g/mol. The Hall–Kier alpha value is -1.48. The lowest BCUT2D eigenvalue weighted by atomic mass is 10.0. The summed E-state index contributed by atoms with van der Waals surface area (Å²) in [4.78, 5) is 0. The zero-order valence-electron chi connectivity index (χ0n) is 8.68. The van der Waals surface area contributed by atoms with Crippen LogP contribution in [0.25, 0.3) is 11.1 Å². The predicted molar refractivity (Wildman–Crippen MR) is 61.3 cm³/mol. The number of halogens is 4. The standard InChI is InChI=1S/C13H8ClF3/c14-7-8-4-9(6-10(15)5-8)11-2-1-3-12(16)13(11)17/h1-6H,7H2. The second kappa shape index (κ2) is 4.80. The molecule has 88 valence electrons. The van der Waals surface area contributed by atoms with Crippen molar-refractivity contribution >= 4 is 11.6 Å². The molecule has 0 spiro atoms. The highest BCUT2D eigenvalue weighted by atomic mass is 35.5. The largest absolute Gasteiger partial charge is 0.207 e. The lowest BCUT2D eigenvalue weighted by Gasteiger charge is -2.06. The van der Waals surface area contributed by atoms with Crippen molar-refractivity contribution in [2.24, 2.45) is 0 Å². The molecule has 0 unspecified atom stereocenters. The Morgan fingerprint density at radius 2 is 1.76 bits per heavy atom. The van der Waals surface area contributed by atoms with Gasteiger partial charge in [-0.05, 0) is 35.4 Å². The van der Waals surface area contributed by atoms with E-state index in [-0.39, 0.29) is 17.0 Å². The third-order valence-electron chi connectivity index (χ3n) is 2.37. The quantitative estimate of drug-likeness (QED) is 0.694. The van der Waals surface area contributed by atoms with Crippen molar-refractivity contribution in [1.29, 1.82) is 0 Å². The van der Waals surface area contributed by atoms with Crippen LogP contribution in [0.2, 0.25) is 0 Å². The van der Waals surface area contributed by atoms with Gasteiger partial charge in [-0.1, -0.05) is 12.1 Å². The van der Waals surface area contributed by atoms with Gasteiger partial charge >= 0.3 is 0 Å². The Morgan fingerprint density at radius 1 is 1.00 bits per heavy atom. The van der Waals surface area contributed by atoms with Crippen LogP contribution in [0.1, 0.15) is 5.56 Å². The molecule has 0 nitrogen and oxygen atoms in total. The van der Waals surface area contributed by atoms with Gasteiger partial charge in [-0.3, -0.25) is 0 Å². The average molecular weight is 257 g/mol. The first-order valence-corrected chi connectivity index (χ1v) is 5.45. The molecule has 0 bridgehead atoms. The van der Waals surface area contributed by atoms with Crippen LogP contribution in [-0.2, 0) is 5.88 Å². The Kier molecular flexibility index (Phi) is 3.38. The van der Waals surface area contributed by atoms with E-state index < -0.39 is 17.5 Å². The Bertz CT molecular complexity index is 552. The third kappa shape index (κ3) is 2.44. The van der Waals surface area contributed by atoms with Crippen molar-refractivity contribution in [2.45, 2.75) is 5.88 Å². The molecule has 2 aromatic rings. The average Bonchev–Trinajstić information content (AvgIpc) is 2.31. The summed E-state index contributed by atoms with van der Waals surface area (Å²) < 4.78 is 39.8. The second-order valence-electron chi connectivity index (χ2n) is 3.58. The van der Waals surface area contributed by atoms with Crippen LogP contribution in [0.3, 0.4) is 0 Å². The monoisotopic (exact) mass is 256 g/mol. The normalized spacial score (nSPS) is 10.6. The van der Waals surface area contributed by atoms with Crippen LogP contribution >= 0.6 is 11.6 Å². The van der Waals surface area contributed by atoms with Crippen molar-refractivity contribution in [3.63, 3.8) is 0 Å². The molecule has 2 rings (SSSR count). The van der Waals surface area contributed by atoms with Crippen LogP contribution < -0.4 is 0 Å². The topological polar surface area (TPSA) is 0 Å². The smallest absolute Gasteiger partial charge is 0.166 e. The van der Waals surface area contributed by atoms with E-state index in [1.165, 1.54) is 24.3 Å². The lowest BCUT2D eigenvalue weighted by molar-refractivity contribution is 0.511. The fourth-order valence-corrected chi connectivity index (χ4v) is 1.76. The molecule has 17 heavy (non-hydrogen) atoms. The second-order valence-corrected chi connectivity index (χ2v) is 3.85. The molecule has 0 fully saturated rings. The van der Waals surface area contributed by atoms with Gasteiger partial charge in [0.2, 0.25) is 0 Å². The summed E-state index contributed by atoms with van der Waals surface area (Å²) in [7, 11) is 0. The molecule has 0 heterocycles. The van der Waals surface area contributed by atoms with Gasteiger partial charge in [0, 0.05) is 11.4 Å². The van der Waals surface area contributed by atoms with Crippen molar-refractivity contribution in [1.82, 2.24) is 0 Å². The van der Waals surface area contributed by atoms with E-state index in [2.05, 4.69) is 0 Å². The molecular formula is C13H8ClF3. The summed E-state index contributed by atoms with van der Waals surface area (Å²) >= 11 is 5.59. The molecule has 0 aliphatic rings. The molecule has 0 radical (unpaired) electrons. The van der Waals surface area contributed by atoms with Gasteiger partial charge in [-0.2, -0.15) is 0 Å². The van der Waals surface area contributed by atoms with E-state index in [9.17, 15) is 13.2 Å². The molecule has 0 aliphatic heterocycles. The van der Waals surface area contributed by atoms with E-state index in [1.807, 2.05) is 0 Å². The van der Waals surface area contributed by atoms with Gasteiger partial charge in [-0.25, -0.2) is 13.2 Å². The van der Waals surface area contributed by atoms with E-state index in [0.29, 0.717) is 5.56 Å². The fourth-order valence-electron chi connectivity index (χ4n) is 1.61. The molecule has 0 saturated heterocycles. The highest BCUT2D eigenvalue weighted by Gasteiger charge is 2.11. The van der Waals surface area contributed by atoms with Crippen LogP contribution in [-0.4, -0.2) is 0 Å². The number of alkyl halides is 1. The maximum Gasteiger partial charge on any atom is 0.166 e. The summed E-state index contributed by atoms with van der Waals surface area (Å²) in [6, 6.07) is 7.72. The van der Waals surface area contributed by atoms with Crippen LogP contribution in [0.5, 0.6) is 0 Å². The minimum absolute atomic E-state index is 0.0240. The van der Waals surface area contributed by atoms with Crippen molar-refractivity contribution in [2.75, 3.05) is 0 Å². The zero-order chi connectivity index (χ0) is 12.4. The fraction of sp³-hybridized carbons (Fsp3) is 0.0769. The minimum Gasteiger partial charge on any atom is -0.207 e. The molecule has 0 atom stereocenters. The first-order chi connectivity index (χ1) is 8.11.